The number of nitrogens with two attached hydrogens (primary N) is 1. The summed E-state index contributed by atoms with van der Waals surface area (Å²) in [6, 6.07) is 0. The highest BCUT2D eigenvalue weighted by molar-refractivity contribution is 14.1. The fourth-order valence-electron chi connectivity index (χ4n) is 1.58. The summed E-state index contributed by atoms with van der Waals surface area (Å²) in [4.78, 5) is 8.25. The third-order valence-electron chi connectivity index (χ3n) is 2.38. The van der Waals surface area contributed by atoms with Gasteiger partial charge in [0.05, 0.1) is 5.39 Å². The Bertz CT molecular complexity index is 609. The molecule has 0 saturated heterocycles. The topological polar surface area (TPSA) is 56.7 Å². The Morgan fingerprint density at radius 3 is 2.80 bits per heavy atom. The molecule has 0 saturated carbocycles. The van der Waals surface area contributed by atoms with E-state index >= 15 is 0 Å². The van der Waals surface area contributed by atoms with Crippen LogP contribution in [0.15, 0.2) is 30.8 Å². The van der Waals surface area contributed by atoms with Gasteiger partial charge in [0.2, 0.25) is 0 Å². The van der Waals surface area contributed by atoms with Crippen LogP contribution in [-0.2, 0) is 0 Å². The maximum Gasteiger partial charge on any atom is 0.151 e. The number of anilines is 1. The van der Waals surface area contributed by atoms with Crippen LogP contribution in [0.25, 0.3) is 16.7 Å². The van der Waals surface area contributed by atoms with Gasteiger partial charge in [-0.1, -0.05) is 6.08 Å². The molecule has 0 aromatic carbocycles. The molecule has 0 radical (unpaired) electrons. The van der Waals surface area contributed by atoms with Crippen LogP contribution in [-0.4, -0.2) is 14.5 Å². The summed E-state index contributed by atoms with van der Waals surface area (Å²) in [5, 5.41) is 0.930. The number of halogens is 1. The number of nitrogens with zero attached hydrogens (tertiary/aromatic N) is 3. The first-order valence-electron chi connectivity index (χ1n) is 4.43. The monoisotopic (exact) mass is 310 g/mol. The molecule has 2 N–H and O–H groups in total. The summed E-state index contributed by atoms with van der Waals surface area (Å²) in [6.45, 7) is 0. The zero-order valence-corrected chi connectivity index (χ0v) is 9.84. The Labute approximate surface area is 99.6 Å². The van der Waals surface area contributed by atoms with E-state index in [0.29, 0.717) is 5.82 Å². The molecule has 74 valence electrons. The molecule has 0 unspecified atom stereocenters. The van der Waals surface area contributed by atoms with E-state index in [0.717, 1.165) is 20.3 Å². The van der Waals surface area contributed by atoms with Crippen molar-refractivity contribution in [3.8, 4) is 0 Å². The Morgan fingerprint density at radius 1 is 1.33 bits per heavy atom. The molecule has 3 rings (SSSR count). The summed E-state index contributed by atoms with van der Waals surface area (Å²) < 4.78 is 3.09. The number of allylic oxidation sites excluding steroid dienone is 4. The van der Waals surface area contributed by atoms with Crippen LogP contribution in [0.3, 0.4) is 0 Å². The zero-order valence-electron chi connectivity index (χ0n) is 7.68. The average molecular weight is 310 g/mol. The van der Waals surface area contributed by atoms with Gasteiger partial charge in [0, 0.05) is 15.5 Å². The minimum Gasteiger partial charge on any atom is -0.383 e. The first-order chi connectivity index (χ1) is 7.27. The largest absolute Gasteiger partial charge is 0.383 e. The normalized spacial score (nSPS) is 14.1. The summed E-state index contributed by atoms with van der Waals surface area (Å²) in [7, 11) is 0. The number of nitrogen functional groups attached to an aromatic ring is 1. The molecule has 15 heavy (non-hydrogen) atoms. The minimum absolute atomic E-state index is 0.534. The summed E-state index contributed by atoms with van der Waals surface area (Å²) >= 11 is 2.25. The molecule has 1 aliphatic carbocycles. The van der Waals surface area contributed by atoms with Crippen molar-refractivity contribution >= 4 is 45.1 Å². The van der Waals surface area contributed by atoms with E-state index < -0.39 is 0 Å². The maximum atomic E-state index is 5.82. The van der Waals surface area contributed by atoms with Crippen molar-refractivity contribution in [2.24, 2.45) is 0 Å². The molecular weight excluding hydrogens is 303 g/mol. The number of hydrogen-bond acceptors (Lipinski definition) is 3. The van der Waals surface area contributed by atoms with Crippen LogP contribution >= 0.6 is 22.6 Å². The second-order valence-corrected chi connectivity index (χ2v) is 4.42. The number of fused-ring (bicyclic) bond motifs is 1. The molecule has 0 fully saturated rings. The molecule has 2 heterocycles. The molecule has 0 atom stereocenters. The van der Waals surface area contributed by atoms with Gasteiger partial charge in [-0.25, -0.2) is 9.97 Å². The highest BCUT2D eigenvalue weighted by Gasteiger charge is 2.13. The van der Waals surface area contributed by atoms with Gasteiger partial charge in [0.1, 0.15) is 12.1 Å². The zero-order chi connectivity index (χ0) is 10.4. The van der Waals surface area contributed by atoms with E-state index in [-0.39, 0.29) is 0 Å². The molecule has 4 nitrogen and oxygen atoms in total. The van der Waals surface area contributed by atoms with Gasteiger partial charge in [0.15, 0.2) is 5.65 Å². The van der Waals surface area contributed by atoms with Gasteiger partial charge >= 0.3 is 0 Å². The van der Waals surface area contributed by atoms with Crippen LogP contribution in [0.1, 0.15) is 0 Å². The fraction of sp³-hybridized carbons (Fsp3) is 0. The van der Waals surface area contributed by atoms with Gasteiger partial charge in [-0.2, -0.15) is 0 Å². The lowest BCUT2D eigenvalue weighted by Crippen LogP contribution is -1.99. The first kappa shape index (κ1) is 8.90. The van der Waals surface area contributed by atoms with Crippen molar-refractivity contribution in [2.45, 2.75) is 0 Å². The number of rotatable bonds is 1. The van der Waals surface area contributed by atoms with Gasteiger partial charge in [-0.15, -0.1) is 0 Å². The molecule has 0 bridgehead atoms. The number of hydrogen-bond donors (Lipinski definition) is 1. The van der Waals surface area contributed by atoms with Gasteiger partial charge in [0.25, 0.3) is 0 Å². The molecule has 0 spiro atoms. The minimum atomic E-state index is 0.534. The van der Waals surface area contributed by atoms with Crippen molar-refractivity contribution in [2.75, 3.05) is 5.73 Å². The lowest BCUT2D eigenvalue weighted by Gasteiger charge is -2.09. The average Bonchev–Trinajstić information content (AvgIpc) is 2.43. The van der Waals surface area contributed by atoms with E-state index in [9.17, 15) is 0 Å². The summed E-state index contributed by atoms with van der Waals surface area (Å²) in [5.41, 5.74) is 7.81. The van der Waals surface area contributed by atoms with Crippen LogP contribution in [0.2, 0.25) is 0 Å². The molecular formula is C10H7IN4. The molecule has 5 heteroatoms. The molecule has 1 aliphatic rings. The van der Waals surface area contributed by atoms with Crippen molar-refractivity contribution in [3.05, 3.63) is 34.3 Å². The first-order valence-corrected chi connectivity index (χ1v) is 5.51. The van der Waals surface area contributed by atoms with Crippen molar-refractivity contribution in [1.82, 2.24) is 14.5 Å². The molecule has 0 amide bonds. The molecule has 2 aromatic rings. The predicted molar refractivity (Wildman–Crippen MR) is 68.1 cm³/mol. The Balaban J connectivity index is 2.37. The van der Waals surface area contributed by atoms with E-state index in [1.807, 2.05) is 29.0 Å². The van der Waals surface area contributed by atoms with Crippen LogP contribution in [0.5, 0.6) is 0 Å². The number of aromatic nitrogens is 3. The third-order valence-corrected chi connectivity index (χ3v) is 3.20. The van der Waals surface area contributed by atoms with E-state index in [2.05, 4.69) is 32.6 Å². The van der Waals surface area contributed by atoms with Crippen molar-refractivity contribution < 1.29 is 0 Å². The Kier molecular flexibility index (Phi) is 1.82. The quantitative estimate of drug-likeness (QED) is 0.820. The van der Waals surface area contributed by atoms with Crippen LogP contribution in [0, 0.1) is 3.57 Å². The second kappa shape index (κ2) is 3.06. The maximum absolute atomic E-state index is 5.82. The van der Waals surface area contributed by atoms with Gasteiger partial charge < -0.3 is 10.3 Å². The third kappa shape index (κ3) is 1.19. The highest BCUT2D eigenvalue weighted by atomic mass is 127. The predicted octanol–water partition coefficient (Wildman–Crippen LogP) is 2.03. The Morgan fingerprint density at radius 2 is 2.13 bits per heavy atom. The smallest absolute Gasteiger partial charge is 0.151 e. The Hall–Kier alpha value is -1.37. The highest BCUT2D eigenvalue weighted by Crippen LogP contribution is 2.29. The standard InChI is InChI=1S/C10H7IN4/c11-7-4-15(6-2-1-3-6)10-8(7)9(12)13-5-14-10/h1-5H,(H2,12,13,14). The lowest BCUT2D eigenvalue weighted by molar-refractivity contribution is 1.10. The second-order valence-electron chi connectivity index (χ2n) is 3.26. The van der Waals surface area contributed by atoms with Gasteiger partial charge in [-0.05, 0) is 34.7 Å². The van der Waals surface area contributed by atoms with Crippen LogP contribution in [0.4, 0.5) is 5.82 Å². The van der Waals surface area contributed by atoms with E-state index in [4.69, 9.17) is 5.73 Å². The summed E-state index contributed by atoms with van der Waals surface area (Å²) in [5.74, 6) is 0.534. The van der Waals surface area contributed by atoms with Crippen molar-refractivity contribution in [3.63, 3.8) is 0 Å². The summed E-state index contributed by atoms with van der Waals surface area (Å²) in [6.07, 6.45) is 9.58. The molecule has 2 aromatic heterocycles. The molecule has 0 aliphatic heterocycles. The van der Waals surface area contributed by atoms with Crippen LogP contribution < -0.4 is 5.73 Å². The van der Waals surface area contributed by atoms with Crippen molar-refractivity contribution in [1.29, 1.82) is 0 Å². The van der Waals surface area contributed by atoms with Gasteiger partial charge in [-0.3, -0.25) is 0 Å². The van der Waals surface area contributed by atoms with E-state index in [1.165, 1.54) is 6.33 Å². The lowest BCUT2D eigenvalue weighted by atomic mass is 10.2. The SMILES string of the molecule is Nc1ncnc2c1c(I)cn2C1=CC=C1. The fourth-order valence-corrected chi connectivity index (χ4v) is 2.38. The van der Waals surface area contributed by atoms with E-state index in [1.54, 1.807) is 0 Å².